The fourth-order valence-electron chi connectivity index (χ4n) is 5.20. The minimum atomic E-state index is -1.04. The van der Waals surface area contributed by atoms with Gasteiger partial charge in [0.1, 0.15) is 22.3 Å². The van der Waals surface area contributed by atoms with Crippen LogP contribution in [0.5, 0.6) is 5.88 Å². The van der Waals surface area contributed by atoms with E-state index in [9.17, 15) is 9.90 Å². The SMILES string of the molecule is O=C1NC(c2ccsc2)(c2cccc(OC3CCCc4ccc(Br)cc43)n2)CC(O)=C1Sc1ccccc1Cl. The number of halogens is 2. The second-order valence-corrected chi connectivity index (χ2v) is 12.7. The molecule has 0 spiro atoms. The lowest BCUT2D eigenvalue weighted by Crippen LogP contribution is -2.50. The van der Waals surface area contributed by atoms with E-state index in [1.807, 2.05) is 53.2 Å². The third kappa shape index (κ3) is 5.23. The molecule has 0 radical (unpaired) electrons. The standard InChI is InChI=1S/C30H24BrClN2O3S2/c31-20-12-11-18-5-3-7-24(21(18)15-20)37-27-10-4-9-26(33-27)30(19-13-14-38-17-19)16-23(35)28(29(36)34-30)39-25-8-2-1-6-22(25)32/h1-2,4,6,8-15,17,24,35H,3,5,7,16H2,(H,34,36). The number of carbonyl (C=O) groups excluding carboxylic acids is 1. The lowest BCUT2D eigenvalue weighted by Gasteiger charge is -2.38. The molecular formula is C30H24BrClN2O3S2. The van der Waals surface area contributed by atoms with Crippen LogP contribution in [-0.4, -0.2) is 16.0 Å². The van der Waals surface area contributed by atoms with Crippen molar-refractivity contribution in [3.8, 4) is 5.88 Å². The Morgan fingerprint density at radius 1 is 1.15 bits per heavy atom. The number of ether oxygens (including phenoxy) is 1. The van der Waals surface area contributed by atoms with Gasteiger partial charge in [0.25, 0.3) is 5.91 Å². The zero-order valence-corrected chi connectivity index (χ0v) is 24.7. The number of fused-ring (bicyclic) bond motifs is 1. The number of aromatic nitrogens is 1. The molecule has 2 aromatic carbocycles. The maximum atomic E-state index is 13.5. The number of rotatable bonds is 6. The number of thiophene rings is 1. The normalized spacial score (nSPS) is 20.9. The van der Waals surface area contributed by atoms with Gasteiger partial charge in [-0.1, -0.05) is 63.6 Å². The molecule has 9 heteroatoms. The summed E-state index contributed by atoms with van der Waals surface area (Å²) in [7, 11) is 0. The van der Waals surface area contributed by atoms with Gasteiger partial charge in [-0.15, -0.1) is 0 Å². The summed E-state index contributed by atoms with van der Waals surface area (Å²) in [5.74, 6) is 0.0944. The number of amides is 1. The molecule has 4 aromatic rings. The Hall–Kier alpha value is -2.78. The third-order valence-electron chi connectivity index (χ3n) is 7.08. The van der Waals surface area contributed by atoms with E-state index in [-0.39, 0.29) is 29.1 Å². The number of aliphatic hydroxyl groups excluding tert-OH is 1. The second kappa shape index (κ2) is 11.0. The maximum Gasteiger partial charge on any atom is 0.262 e. The second-order valence-electron chi connectivity index (χ2n) is 9.56. The van der Waals surface area contributed by atoms with Crippen LogP contribution >= 0.6 is 50.6 Å². The molecular weight excluding hydrogens is 616 g/mol. The summed E-state index contributed by atoms with van der Waals surface area (Å²) >= 11 is 12.6. The highest BCUT2D eigenvalue weighted by molar-refractivity contribution is 9.10. The number of aliphatic hydroxyl groups is 1. The van der Waals surface area contributed by atoms with Crippen molar-refractivity contribution >= 4 is 56.5 Å². The number of benzene rings is 2. The molecule has 1 aliphatic carbocycles. The smallest absolute Gasteiger partial charge is 0.262 e. The van der Waals surface area contributed by atoms with Crippen molar-refractivity contribution in [1.29, 1.82) is 0 Å². The van der Waals surface area contributed by atoms with Crippen LogP contribution in [0, 0.1) is 0 Å². The molecule has 1 amide bonds. The summed E-state index contributed by atoms with van der Waals surface area (Å²) in [6.07, 6.45) is 3.01. The van der Waals surface area contributed by atoms with Crippen LogP contribution in [0.1, 0.15) is 47.8 Å². The lowest BCUT2D eigenvalue weighted by atomic mass is 9.82. The Kier molecular flexibility index (Phi) is 7.46. The Morgan fingerprint density at radius 2 is 2.03 bits per heavy atom. The van der Waals surface area contributed by atoms with E-state index in [2.05, 4.69) is 39.4 Å². The summed E-state index contributed by atoms with van der Waals surface area (Å²) in [6, 6.07) is 21.2. The van der Waals surface area contributed by atoms with Crippen molar-refractivity contribution in [1.82, 2.24) is 10.3 Å². The van der Waals surface area contributed by atoms with E-state index in [0.717, 1.165) is 41.1 Å². The van der Waals surface area contributed by atoms with E-state index in [1.165, 1.54) is 22.5 Å². The molecule has 0 fully saturated rings. The quantitative estimate of drug-likeness (QED) is 0.222. The number of nitrogens with one attached hydrogen (secondary N) is 1. The Labute approximate surface area is 248 Å². The van der Waals surface area contributed by atoms with E-state index >= 15 is 0 Å². The highest BCUT2D eigenvalue weighted by Crippen LogP contribution is 2.44. The molecule has 3 heterocycles. The first-order valence-electron chi connectivity index (χ1n) is 12.6. The van der Waals surface area contributed by atoms with Gasteiger partial charge in [-0.05, 0) is 83.1 Å². The topological polar surface area (TPSA) is 71.5 Å². The summed E-state index contributed by atoms with van der Waals surface area (Å²) in [6.45, 7) is 0. The van der Waals surface area contributed by atoms with E-state index in [4.69, 9.17) is 21.3 Å². The van der Waals surface area contributed by atoms with Crippen LogP contribution < -0.4 is 10.1 Å². The molecule has 2 aromatic heterocycles. The molecule has 2 aliphatic rings. The van der Waals surface area contributed by atoms with Crippen LogP contribution in [0.2, 0.25) is 5.02 Å². The van der Waals surface area contributed by atoms with Gasteiger partial charge in [0.05, 0.1) is 10.7 Å². The molecule has 2 unspecified atom stereocenters. The van der Waals surface area contributed by atoms with Crippen molar-refractivity contribution < 1.29 is 14.6 Å². The third-order valence-corrected chi connectivity index (χ3v) is 9.90. The fourth-order valence-corrected chi connectivity index (χ4v) is 7.42. The molecule has 2 atom stereocenters. The summed E-state index contributed by atoms with van der Waals surface area (Å²) in [5, 5.41) is 18.9. The van der Waals surface area contributed by atoms with Crippen molar-refractivity contribution in [3.05, 3.63) is 120 Å². The Balaban J connectivity index is 1.35. The molecule has 198 valence electrons. The van der Waals surface area contributed by atoms with Gasteiger partial charge in [0.15, 0.2) is 0 Å². The molecule has 6 rings (SSSR count). The van der Waals surface area contributed by atoms with E-state index < -0.39 is 5.54 Å². The summed E-state index contributed by atoms with van der Waals surface area (Å²) in [4.78, 5) is 19.4. The Morgan fingerprint density at radius 3 is 2.82 bits per heavy atom. The zero-order valence-electron chi connectivity index (χ0n) is 20.7. The minimum absolute atomic E-state index is 0.00551. The highest BCUT2D eigenvalue weighted by atomic mass is 79.9. The zero-order chi connectivity index (χ0) is 27.0. The number of carbonyl (C=O) groups is 1. The number of hydrogen-bond acceptors (Lipinski definition) is 6. The molecule has 2 N–H and O–H groups in total. The van der Waals surface area contributed by atoms with E-state index in [0.29, 0.717) is 21.5 Å². The predicted octanol–water partition coefficient (Wildman–Crippen LogP) is 8.34. The molecule has 5 nitrogen and oxygen atoms in total. The summed E-state index contributed by atoms with van der Waals surface area (Å²) in [5.41, 5.74) is 2.87. The van der Waals surface area contributed by atoms with Gasteiger partial charge >= 0.3 is 0 Å². The molecule has 0 saturated carbocycles. The van der Waals surface area contributed by atoms with Crippen molar-refractivity contribution in [2.45, 2.75) is 42.2 Å². The van der Waals surface area contributed by atoms with Crippen molar-refractivity contribution in [3.63, 3.8) is 0 Å². The molecule has 0 saturated heterocycles. The highest BCUT2D eigenvalue weighted by Gasteiger charge is 2.44. The number of hydrogen-bond donors (Lipinski definition) is 2. The van der Waals surface area contributed by atoms with Gasteiger partial charge in [-0.3, -0.25) is 4.79 Å². The summed E-state index contributed by atoms with van der Waals surface area (Å²) < 4.78 is 7.48. The fraction of sp³-hybridized carbons (Fsp3) is 0.200. The molecule has 0 bridgehead atoms. The number of aryl methyl sites for hydroxylation is 1. The van der Waals surface area contributed by atoms with Crippen LogP contribution in [0.4, 0.5) is 0 Å². The average Bonchev–Trinajstić information content (AvgIpc) is 3.48. The number of thioether (sulfide) groups is 1. The molecule has 1 aliphatic heterocycles. The first-order chi connectivity index (χ1) is 18.9. The van der Waals surface area contributed by atoms with Crippen LogP contribution in [-0.2, 0) is 16.8 Å². The van der Waals surface area contributed by atoms with Crippen LogP contribution in [0.3, 0.4) is 0 Å². The van der Waals surface area contributed by atoms with Crippen LogP contribution in [0.25, 0.3) is 0 Å². The monoisotopic (exact) mass is 638 g/mol. The first kappa shape index (κ1) is 26.4. The number of pyridine rings is 1. The minimum Gasteiger partial charge on any atom is -0.511 e. The van der Waals surface area contributed by atoms with Gasteiger partial charge in [-0.25, -0.2) is 4.98 Å². The maximum absolute atomic E-state index is 13.5. The van der Waals surface area contributed by atoms with Gasteiger partial charge in [0.2, 0.25) is 5.88 Å². The first-order valence-corrected chi connectivity index (χ1v) is 15.5. The molecule has 39 heavy (non-hydrogen) atoms. The van der Waals surface area contributed by atoms with E-state index in [1.54, 1.807) is 6.07 Å². The van der Waals surface area contributed by atoms with Gasteiger partial charge in [0, 0.05) is 21.9 Å². The van der Waals surface area contributed by atoms with Gasteiger partial charge < -0.3 is 15.2 Å². The predicted molar refractivity (Wildman–Crippen MR) is 160 cm³/mol. The van der Waals surface area contributed by atoms with Gasteiger partial charge in [-0.2, -0.15) is 11.3 Å². The van der Waals surface area contributed by atoms with Crippen LogP contribution in [0.15, 0.2) is 97.5 Å². The largest absolute Gasteiger partial charge is 0.511 e. The van der Waals surface area contributed by atoms with Crippen molar-refractivity contribution in [2.75, 3.05) is 0 Å². The van der Waals surface area contributed by atoms with Crippen molar-refractivity contribution in [2.24, 2.45) is 0 Å². The Bertz CT molecular complexity index is 1580. The lowest BCUT2D eigenvalue weighted by molar-refractivity contribution is -0.119. The average molecular weight is 640 g/mol. The number of nitrogens with zero attached hydrogens (tertiary/aromatic N) is 1.